The second-order valence-electron chi connectivity index (χ2n) is 6.41. The molecule has 27 heavy (non-hydrogen) atoms. The standard InChI is InChI=1S/C23H18N2O2/c1-16-6-5-9-20(14-16)25-22(15-21(24-25)23(26)27)19-12-10-18(11-13-19)17-7-3-2-4-8-17/h2-15H,1H3,(H,26,27). The van der Waals surface area contributed by atoms with Crippen LogP contribution in [-0.4, -0.2) is 20.9 Å². The number of nitrogens with zero attached hydrogens (tertiary/aromatic N) is 2. The Morgan fingerprint density at radius 3 is 2.15 bits per heavy atom. The van der Waals surface area contributed by atoms with E-state index in [9.17, 15) is 9.90 Å². The Labute approximate surface area is 157 Å². The zero-order valence-corrected chi connectivity index (χ0v) is 14.8. The van der Waals surface area contributed by atoms with Gasteiger partial charge in [0.25, 0.3) is 0 Å². The number of rotatable bonds is 4. The van der Waals surface area contributed by atoms with Crippen LogP contribution in [0.4, 0.5) is 0 Å². The first-order chi connectivity index (χ1) is 13.1. The van der Waals surface area contributed by atoms with Crippen molar-refractivity contribution < 1.29 is 9.90 Å². The molecule has 0 radical (unpaired) electrons. The van der Waals surface area contributed by atoms with Crippen molar-refractivity contribution in [3.63, 3.8) is 0 Å². The van der Waals surface area contributed by atoms with Gasteiger partial charge in [-0.1, -0.05) is 66.7 Å². The van der Waals surface area contributed by atoms with Crippen LogP contribution < -0.4 is 0 Å². The lowest BCUT2D eigenvalue weighted by atomic mass is 10.0. The first kappa shape index (κ1) is 16.8. The lowest BCUT2D eigenvalue weighted by Crippen LogP contribution is -2.02. The van der Waals surface area contributed by atoms with Crippen LogP contribution in [0.2, 0.25) is 0 Å². The van der Waals surface area contributed by atoms with Gasteiger partial charge in [-0.05, 0) is 41.8 Å². The first-order valence-electron chi connectivity index (χ1n) is 8.68. The maximum absolute atomic E-state index is 11.5. The Morgan fingerprint density at radius 2 is 1.48 bits per heavy atom. The summed E-state index contributed by atoms with van der Waals surface area (Å²) < 4.78 is 1.69. The maximum Gasteiger partial charge on any atom is 0.356 e. The summed E-state index contributed by atoms with van der Waals surface area (Å²) in [6, 6.07) is 27.7. The van der Waals surface area contributed by atoms with Gasteiger partial charge >= 0.3 is 5.97 Å². The van der Waals surface area contributed by atoms with E-state index in [1.807, 2.05) is 73.7 Å². The quantitative estimate of drug-likeness (QED) is 0.547. The highest BCUT2D eigenvalue weighted by molar-refractivity contribution is 5.87. The molecule has 0 bridgehead atoms. The largest absolute Gasteiger partial charge is 0.476 e. The SMILES string of the molecule is Cc1cccc(-n2nc(C(=O)O)cc2-c2ccc(-c3ccccc3)cc2)c1. The fourth-order valence-electron chi connectivity index (χ4n) is 3.11. The van der Waals surface area contributed by atoms with Crippen molar-refractivity contribution in [3.05, 3.63) is 96.2 Å². The van der Waals surface area contributed by atoms with Crippen molar-refractivity contribution in [2.45, 2.75) is 6.92 Å². The number of aromatic carboxylic acids is 1. The first-order valence-corrected chi connectivity index (χ1v) is 8.68. The summed E-state index contributed by atoms with van der Waals surface area (Å²) in [5, 5.41) is 13.7. The monoisotopic (exact) mass is 354 g/mol. The lowest BCUT2D eigenvalue weighted by Gasteiger charge is -2.09. The molecule has 0 unspecified atom stereocenters. The molecular weight excluding hydrogens is 336 g/mol. The number of carboxylic acids is 1. The Kier molecular flexibility index (Phi) is 4.30. The van der Waals surface area contributed by atoms with Gasteiger partial charge in [0.15, 0.2) is 5.69 Å². The summed E-state index contributed by atoms with van der Waals surface area (Å²) in [5.74, 6) is -1.04. The molecular formula is C23H18N2O2. The third-order valence-corrected chi connectivity index (χ3v) is 4.46. The van der Waals surface area contributed by atoms with Crippen molar-refractivity contribution in [2.24, 2.45) is 0 Å². The minimum Gasteiger partial charge on any atom is -0.476 e. The number of aromatic nitrogens is 2. The van der Waals surface area contributed by atoms with E-state index in [-0.39, 0.29) is 5.69 Å². The summed E-state index contributed by atoms with van der Waals surface area (Å²) in [4.78, 5) is 11.5. The van der Waals surface area contributed by atoms with Gasteiger partial charge < -0.3 is 5.11 Å². The molecule has 1 heterocycles. The number of hydrogen-bond acceptors (Lipinski definition) is 2. The third-order valence-electron chi connectivity index (χ3n) is 4.46. The zero-order valence-electron chi connectivity index (χ0n) is 14.8. The average Bonchev–Trinajstić information content (AvgIpc) is 3.15. The highest BCUT2D eigenvalue weighted by atomic mass is 16.4. The van der Waals surface area contributed by atoms with Gasteiger partial charge in [0, 0.05) is 5.56 Å². The zero-order chi connectivity index (χ0) is 18.8. The molecule has 4 nitrogen and oxygen atoms in total. The number of carbonyl (C=O) groups is 1. The molecule has 0 fully saturated rings. The summed E-state index contributed by atoms with van der Waals surface area (Å²) in [6.07, 6.45) is 0. The summed E-state index contributed by atoms with van der Waals surface area (Å²) >= 11 is 0. The van der Waals surface area contributed by atoms with Gasteiger partial charge in [0.05, 0.1) is 11.4 Å². The van der Waals surface area contributed by atoms with Crippen molar-refractivity contribution >= 4 is 5.97 Å². The average molecular weight is 354 g/mol. The fraction of sp³-hybridized carbons (Fsp3) is 0.0435. The maximum atomic E-state index is 11.5. The second kappa shape index (κ2) is 6.92. The third kappa shape index (κ3) is 3.37. The molecule has 4 aromatic rings. The molecule has 1 N–H and O–H groups in total. The van der Waals surface area contributed by atoms with Crippen molar-refractivity contribution in [3.8, 4) is 28.1 Å². The van der Waals surface area contributed by atoms with Crippen LogP contribution in [0.25, 0.3) is 28.1 Å². The van der Waals surface area contributed by atoms with E-state index in [0.29, 0.717) is 0 Å². The smallest absolute Gasteiger partial charge is 0.356 e. The van der Waals surface area contributed by atoms with Crippen LogP contribution >= 0.6 is 0 Å². The van der Waals surface area contributed by atoms with Gasteiger partial charge in [-0.25, -0.2) is 9.48 Å². The van der Waals surface area contributed by atoms with Crippen LogP contribution in [0, 0.1) is 6.92 Å². The van der Waals surface area contributed by atoms with Gasteiger partial charge in [-0.2, -0.15) is 5.10 Å². The second-order valence-corrected chi connectivity index (χ2v) is 6.41. The van der Waals surface area contributed by atoms with E-state index >= 15 is 0 Å². The van der Waals surface area contributed by atoms with E-state index in [2.05, 4.69) is 17.2 Å². The normalized spacial score (nSPS) is 10.7. The Balaban J connectivity index is 1.80. The summed E-state index contributed by atoms with van der Waals surface area (Å²) in [6.45, 7) is 2.00. The van der Waals surface area contributed by atoms with Gasteiger partial charge in [0.2, 0.25) is 0 Å². The Hall–Kier alpha value is -3.66. The molecule has 3 aromatic carbocycles. The number of hydrogen-bond donors (Lipinski definition) is 1. The highest BCUT2D eigenvalue weighted by Crippen LogP contribution is 2.27. The molecule has 0 saturated carbocycles. The van der Waals surface area contributed by atoms with E-state index in [4.69, 9.17) is 0 Å². The molecule has 0 spiro atoms. The Bertz CT molecular complexity index is 1100. The minimum absolute atomic E-state index is 0.0265. The van der Waals surface area contributed by atoms with E-state index < -0.39 is 5.97 Å². The summed E-state index contributed by atoms with van der Waals surface area (Å²) in [7, 11) is 0. The highest BCUT2D eigenvalue weighted by Gasteiger charge is 2.16. The molecule has 1 aromatic heterocycles. The number of benzene rings is 3. The molecule has 0 aliphatic heterocycles. The van der Waals surface area contributed by atoms with Gasteiger partial charge in [-0.3, -0.25) is 0 Å². The topological polar surface area (TPSA) is 55.1 Å². The molecule has 132 valence electrons. The van der Waals surface area contributed by atoms with Crippen LogP contribution in [0.15, 0.2) is 84.9 Å². The molecule has 4 rings (SSSR count). The van der Waals surface area contributed by atoms with Crippen LogP contribution in [0.1, 0.15) is 16.1 Å². The van der Waals surface area contributed by atoms with Crippen LogP contribution in [-0.2, 0) is 0 Å². The van der Waals surface area contributed by atoms with Crippen molar-refractivity contribution in [1.29, 1.82) is 0 Å². The van der Waals surface area contributed by atoms with Crippen molar-refractivity contribution in [2.75, 3.05) is 0 Å². The van der Waals surface area contributed by atoms with Gasteiger partial charge in [0.1, 0.15) is 0 Å². The molecule has 0 aliphatic carbocycles. The molecule has 0 aliphatic rings. The number of carboxylic acid groups (broad SMARTS) is 1. The predicted octanol–water partition coefficient (Wildman–Crippen LogP) is 5.21. The summed E-state index contributed by atoms with van der Waals surface area (Å²) in [5.41, 5.74) is 5.87. The lowest BCUT2D eigenvalue weighted by molar-refractivity contribution is 0.0690. The van der Waals surface area contributed by atoms with Gasteiger partial charge in [-0.15, -0.1) is 0 Å². The Morgan fingerprint density at radius 1 is 0.815 bits per heavy atom. The fourth-order valence-corrected chi connectivity index (χ4v) is 3.11. The van der Waals surface area contributed by atoms with E-state index in [0.717, 1.165) is 33.6 Å². The van der Waals surface area contributed by atoms with E-state index in [1.54, 1.807) is 10.7 Å². The molecule has 4 heteroatoms. The molecule has 0 amide bonds. The van der Waals surface area contributed by atoms with E-state index in [1.165, 1.54) is 0 Å². The van der Waals surface area contributed by atoms with Crippen molar-refractivity contribution in [1.82, 2.24) is 9.78 Å². The molecule has 0 atom stereocenters. The number of aryl methyl sites for hydroxylation is 1. The predicted molar refractivity (Wildman–Crippen MR) is 106 cm³/mol. The molecule has 0 saturated heterocycles. The van der Waals surface area contributed by atoms with Crippen LogP contribution in [0.3, 0.4) is 0 Å². The minimum atomic E-state index is -1.04. The van der Waals surface area contributed by atoms with Crippen LogP contribution in [0.5, 0.6) is 0 Å².